The van der Waals surface area contributed by atoms with Gasteiger partial charge in [-0.1, -0.05) is 78.2 Å². The van der Waals surface area contributed by atoms with Crippen molar-refractivity contribution >= 4 is 5.91 Å². The summed E-state index contributed by atoms with van der Waals surface area (Å²) in [5.41, 5.74) is 1.46. The van der Waals surface area contributed by atoms with Gasteiger partial charge in [0.15, 0.2) is 0 Å². The smallest absolute Gasteiger partial charge is 0.225 e. The standard InChI is InChI=1S/C29H52N2O/c1-7-10-25-11-9-12-26(21-25)22-31(29(32)27(8-2)14-13-23(3)4)28-16-19-30(20-17-28)18-15-24(5)6/h9,11,21,23-24,26-28H,7-8,10,12-20,22H2,1-6H3. The van der Waals surface area contributed by atoms with E-state index in [4.69, 9.17) is 0 Å². The number of carbonyl (C=O) groups is 1. The molecule has 0 aromatic heterocycles. The Balaban J connectivity index is 2.09. The largest absolute Gasteiger partial charge is 0.339 e. The third-order valence-corrected chi connectivity index (χ3v) is 7.43. The highest BCUT2D eigenvalue weighted by atomic mass is 16.2. The zero-order valence-corrected chi connectivity index (χ0v) is 22.1. The van der Waals surface area contributed by atoms with Gasteiger partial charge in [0.05, 0.1) is 0 Å². The van der Waals surface area contributed by atoms with Crippen molar-refractivity contribution in [2.24, 2.45) is 23.7 Å². The van der Waals surface area contributed by atoms with Crippen LogP contribution in [0.4, 0.5) is 0 Å². The molecule has 0 bridgehead atoms. The molecule has 0 aromatic carbocycles. The highest BCUT2D eigenvalue weighted by molar-refractivity contribution is 5.79. The first-order valence-corrected chi connectivity index (χ1v) is 13.7. The van der Waals surface area contributed by atoms with Crippen LogP contribution in [0, 0.1) is 23.7 Å². The van der Waals surface area contributed by atoms with E-state index in [0.29, 0.717) is 23.8 Å². The van der Waals surface area contributed by atoms with Gasteiger partial charge in [0.25, 0.3) is 0 Å². The van der Waals surface area contributed by atoms with Gasteiger partial charge < -0.3 is 9.80 Å². The van der Waals surface area contributed by atoms with Crippen LogP contribution in [0.5, 0.6) is 0 Å². The number of hydrogen-bond acceptors (Lipinski definition) is 2. The number of rotatable bonds is 13. The number of nitrogens with zero attached hydrogens (tertiary/aromatic N) is 2. The van der Waals surface area contributed by atoms with Crippen molar-refractivity contribution in [1.82, 2.24) is 9.80 Å². The summed E-state index contributed by atoms with van der Waals surface area (Å²) in [5.74, 6) is 2.54. The number of piperidine rings is 1. The Morgan fingerprint density at radius 1 is 1.06 bits per heavy atom. The van der Waals surface area contributed by atoms with Gasteiger partial charge >= 0.3 is 0 Å². The van der Waals surface area contributed by atoms with E-state index in [0.717, 1.165) is 70.5 Å². The summed E-state index contributed by atoms with van der Waals surface area (Å²) in [6.07, 6.45) is 17.2. The Morgan fingerprint density at radius 3 is 2.34 bits per heavy atom. The second-order valence-corrected chi connectivity index (χ2v) is 11.2. The first-order valence-electron chi connectivity index (χ1n) is 13.7. The second-order valence-electron chi connectivity index (χ2n) is 11.2. The van der Waals surface area contributed by atoms with Crippen molar-refractivity contribution in [2.45, 2.75) is 105 Å². The van der Waals surface area contributed by atoms with E-state index in [1.165, 1.54) is 25.0 Å². The zero-order valence-electron chi connectivity index (χ0n) is 22.1. The average molecular weight is 445 g/mol. The Bertz CT molecular complexity index is 598. The summed E-state index contributed by atoms with van der Waals surface area (Å²) in [7, 11) is 0. The van der Waals surface area contributed by atoms with Crippen molar-refractivity contribution < 1.29 is 4.79 Å². The number of hydrogen-bond donors (Lipinski definition) is 0. The first-order chi connectivity index (χ1) is 15.3. The van der Waals surface area contributed by atoms with Gasteiger partial charge in [0.2, 0.25) is 5.91 Å². The van der Waals surface area contributed by atoms with Crippen LogP contribution >= 0.6 is 0 Å². The summed E-state index contributed by atoms with van der Waals surface area (Å²) in [6.45, 7) is 18.0. The topological polar surface area (TPSA) is 23.6 Å². The Kier molecular flexibility index (Phi) is 12.1. The summed E-state index contributed by atoms with van der Waals surface area (Å²) >= 11 is 0. The molecule has 2 aliphatic rings. The molecular formula is C29H52N2O. The maximum atomic E-state index is 13.8. The molecule has 184 valence electrons. The zero-order chi connectivity index (χ0) is 23.5. The summed E-state index contributed by atoms with van der Waals surface area (Å²) in [6, 6.07) is 0.417. The van der Waals surface area contributed by atoms with Crippen molar-refractivity contribution in [2.75, 3.05) is 26.2 Å². The molecule has 1 aliphatic carbocycles. The van der Waals surface area contributed by atoms with E-state index < -0.39 is 0 Å². The van der Waals surface area contributed by atoms with E-state index in [-0.39, 0.29) is 5.92 Å². The third-order valence-electron chi connectivity index (χ3n) is 7.43. The number of likely N-dealkylation sites (tertiary alicyclic amines) is 1. The minimum Gasteiger partial charge on any atom is -0.339 e. The van der Waals surface area contributed by atoms with Crippen molar-refractivity contribution in [3.63, 3.8) is 0 Å². The van der Waals surface area contributed by atoms with Gasteiger partial charge in [0.1, 0.15) is 0 Å². The van der Waals surface area contributed by atoms with Crippen LogP contribution < -0.4 is 0 Å². The molecule has 2 atom stereocenters. The Morgan fingerprint density at radius 2 is 1.75 bits per heavy atom. The molecule has 0 saturated carbocycles. The molecule has 1 aliphatic heterocycles. The molecule has 1 amide bonds. The molecule has 3 nitrogen and oxygen atoms in total. The Hall–Kier alpha value is -1.09. The lowest BCUT2D eigenvalue weighted by Gasteiger charge is -2.41. The summed E-state index contributed by atoms with van der Waals surface area (Å²) < 4.78 is 0. The van der Waals surface area contributed by atoms with E-state index in [2.05, 4.69) is 69.6 Å². The molecule has 1 saturated heterocycles. The van der Waals surface area contributed by atoms with Crippen LogP contribution in [0.1, 0.15) is 99.3 Å². The molecule has 2 rings (SSSR count). The lowest BCUT2D eigenvalue weighted by Crippen LogP contribution is -2.50. The fraction of sp³-hybridized carbons (Fsp3) is 0.828. The second kappa shape index (κ2) is 14.2. The van der Waals surface area contributed by atoms with Crippen molar-refractivity contribution in [1.29, 1.82) is 0 Å². The first kappa shape index (κ1) is 27.2. The lowest BCUT2D eigenvalue weighted by molar-refractivity contribution is -0.140. The van der Waals surface area contributed by atoms with Gasteiger partial charge in [0, 0.05) is 31.6 Å². The number of carbonyl (C=O) groups excluding carboxylic acids is 1. The van der Waals surface area contributed by atoms with Gasteiger partial charge in [-0.3, -0.25) is 4.79 Å². The quantitative estimate of drug-likeness (QED) is 0.303. The summed E-state index contributed by atoms with van der Waals surface area (Å²) in [5, 5.41) is 0. The molecule has 2 unspecified atom stereocenters. The van der Waals surface area contributed by atoms with Crippen LogP contribution in [0.15, 0.2) is 23.8 Å². The average Bonchev–Trinajstić information content (AvgIpc) is 2.77. The molecule has 0 spiro atoms. The molecule has 1 heterocycles. The third kappa shape index (κ3) is 9.04. The van der Waals surface area contributed by atoms with Gasteiger partial charge in [-0.2, -0.15) is 0 Å². The molecule has 1 fully saturated rings. The molecule has 0 N–H and O–H groups in total. The lowest BCUT2D eigenvalue weighted by atomic mass is 9.89. The van der Waals surface area contributed by atoms with E-state index >= 15 is 0 Å². The van der Waals surface area contributed by atoms with E-state index in [9.17, 15) is 4.79 Å². The van der Waals surface area contributed by atoms with Crippen molar-refractivity contribution in [3.8, 4) is 0 Å². The van der Waals surface area contributed by atoms with Gasteiger partial charge in [-0.25, -0.2) is 0 Å². The fourth-order valence-electron chi connectivity index (χ4n) is 5.24. The molecule has 0 aromatic rings. The predicted octanol–water partition coefficient (Wildman–Crippen LogP) is 7.09. The van der Waals surface area contributed by atoms with Crippen molar-refractivity contribution in [3.05, 3.63) is 23.8 Å². The van der Waals surface area contributed by atoms with Crippen LogP contribution in [0.25, 0.3) is 0 Å². The monoisotopic (exact) mass is 444 g/mol. The summed E-state index contributed by atoms with van der Waals surface area (Å²) in [4.78, 5) is 18.8. The normalized spacial score (nSPS) is 21.2. The highest BCUT2D eigenvalue weighted by Crippen LogP contribution is 2.28. The SMILES string of the molecule is CCCC1=CC(CN(C(=O)C(CC)CCC(C)C)C2CCN(CCC(C)C)CC2)CC=C1. The van der Waals surface area contributed by atoms with Gasteiger partial charge in [-0.15, -0.1) is 0 Å². The van der Waals surface area contributed by atoms with Crippen LogP contribution in [-0.2, 0) is 4.79 Å². The van der Waals surface area contributed by atoms with Crippen LogP contribution in [-0.4, -0.2) is 47.9 Å². The maximum Gasteiger partial charge on any atom is 0.225 e. The molecule has 3 heteroatoms. The highest BCUT2D eigenvalue weighted by Gasteiger charge is 2.32. The molecule has 32 heavy (non-hydrogen) atoms. The predicted molar refractivity (Wildman–Crippen MR) is 139 cm³/mol. The van der Waals surface area contributed by atoms with Gasteiger partial charge in [-0.05, 0) is 69.2 Å². The number of amides is 1. The van der Waals surface area contributed by atoms with Crippen LogP contribution in [0.2, 0.25) is 0 Å². The van der Waals surface area contributed by atoms with E-state index in [1.807, 2.05) is 0 Å². The molecule has 0 radical (unpaired) electrons. The minimum absolute atomic E-state index is 0.189. The van der Waals surface area contributed by atoms with Crippen LogP contribution in [0.3, 0.4) is 0 Å². The minimum atomic E-state index is 0.189. The fourth-order valence-corrected chi connectivity index (χ4v) is 5.24. The Labute approximate surface area is 199 Å². The molecular weight excluding hydrogens is 392 g/mol. The maximum absolute atomic E-state index is 13.8. The van der Waals surface area contributed by atoms with E-state index in [1.54, 1.807) is 0 Å². The number of allylic oxidation sites excluding steroid dienone is 3.